The lowest BCUT2D eigenvalue weighted by atomic mass is 10.1. The minimum atomic E-state index is -3.47. The van der Waals surface area contributed by atoms with Crippen LogP contribution >= 0.6 is 0 Å². The fraction of sp³-hybridized carbons (Fsp3) is 0.500. The molecule has 0 aliphatic carbocycles. The molecule has 0 bridgehead atoms. The molecule has 18 heavy (non-hydrogen) atoms. The highest BCUT2D eigenvalue weighted by Crippen LogP contribution is 2.26. The molecule has 0 radical (unpaired) electrons. The molecular formula is C12H19N3O2S. The van der Waals surface area contributed by atoms with Gasteiger partial charge in [0.25, 0.3) is 0 Å². The average Bonchev–Trinajstić information content (AvgIpc) is 2.39. The molecule has 5 nitrogen and oxygen atoms in total. The van der Waals surface area contributed by atoms with Crippen LogP contribution in [0.5, 0.6) is 0 Å². The number of sulfonamides is 1. The molecule has 0 aromatic heterocycles. The lowest BCUT2D eigenvalue weighted by molar-refractivity contribution is 0.577. The molecule has 0 amide bonds. The molecule has 1 aromatic carbocycles. The second-order valence-electron chi connectivity index (χ2n) is 4.48. The highest BCUT2D eigenvalue weighted by molar-refractivity contribution is 7.89. The zero-order valence-corrected chi connectivity index (χ0v) is 11.3. The van der Waals surface area contributed by atoms with Crippen LogP contribution in [-0.4, -0.2) is 28.6 Å². The molecule has 1 heterocycles. The number of nitrogen functional groups attached to an aromatic ring is 1. The Labute approximate surface area is 108 Å². The molecule has 0 spiro atoms. The number of nitrogens with two attached hydrogens (primary N) is 1. The van der Waals surface area contributed by atoms with Crippen molar-refractivity contribution in [2.45, 2.75) is 24.2 Å². The van der Waals surface area contributed by atoms with Crippen LogP contribution in [0.15, 0.2) is 23.1 Å². The summed E-state index contributed by atoms with van der Waals surface area (Å²) in [5.41, 5.74) is 7.14. The topological polar surface area (TPSA) is 75.4 Å². The maximum absolute atomic E-state index is 11.7. The minimum Gasteiger partial charge on any atom is -0.398 e. The maximum Gasteiger partial charge on any atom is 0.242 e. The molecular weight excluding hydrogens is 250 g/mol. The van der Waals surface area contributed by atoms with Gasteiger partial charge >= 0.3 is 0 Å². The van der Waals surface area contributed by atoms with Crippen molar-refractivity contribution in [2.24, 2.45) is 0 Å². The molecule has 0 saturated carbocycles. The Bertz CT molecular complexity index is 522. The number of hydrogen-bond acceptors (Lipinski definition) is 4. The van der Waals surface area contributed by atoms with Crippen LogP contribution in [-0.2, 0) is 10.0 Å². The van der Waals surface area contributed by atoms with Crippen molar-refractivity contribution >= 4 is 21.4 Å². The Balaban J connectivity index is 2.30. The van der Waals surface area contributed by atoms with Crippen LogP contribution in [0.25, 0.3) is 0 Å². The Hall–Kier alpha value is -1.27. The van der Waals surface area contributed by atoms with Gasteiger partial charge in [-0.15, -0.1) is 0 Å². The largest absolute Gasteiger partial charge is 0.398 e. The van der Waals surface area contributed by atoms with Gasteiger partial charge in [-0.05, 0) is 44.5 Å². The number of hydrogen-bond donors (Lipinski definition) is 2. The van der Waals surface area contributed by atoms with Gasteiger partial charge in [-0.3, -0.25) is 0 Å². The number of nitrogens with one attached hydrogen (secondary N) is 1. The molecule has 100 valence electrons. The third kappa shape index (κ3) is 2.59. The predicted molar refractivity (Wildman–Crippen MR) is 73.2 cm³/mol. The summed E-state index contributed by atoms with van der Waals surface area (Å²) >= 11 is 0. The summed E-state index contributed by atoms with van der Waals surface area (Å²) < 4.78 is 25.7. The fourth-order valence-electron chi connectivity index (χ4n) is 2.24. The molecule has 1 aliphatic rings. The van der Waals surface area contributed by atoms with Gasteiger partial charge in [-0.2, -0.15) is 0 Å². The molecule has 6 heteroatoms. The van der Waals surface area contributed by atoms with Gasteiger partial charge in [0.05, 0.1) is 5.69 Å². The first-order chi connectivity index (χ1) is 8.54. The third-order valence-electron chi connectivity index (χ3n) is 3.27. The normalized spacial score (nSPS) is 16.8. The maximum atomic E-state index is 11.7. The summed E-state index contributed by atoms with van der Waals surface area (Å²) in [5, 5.41) is 0. The smallest absolute Gasteiger partial charge is 0.242 e. The average molecular weight is 269 g/mol. The molecule has 0 unspecified atom stereocenters. The van der Waals surface area contributed by atoms with E-state index >= 15 is 0 Å². The molecule has 1 aromatic rings. The molecule has 2 rings (SSSR count). The van der Waals surface area contributed by atoms with Gasteiger partial charge in [0, 0.05) is 18.8 Å². The van der Waals surface area contributed by atoms with Crippen LogP contribution in [0.1, 0.15) is 19.3 Å². The number of anilines is 2. The van der Waals surface area contributed by atoms with Crippen molar-refractivity contribution in [3.63, 3.8) is 0 Å². The minimum absolute atomic E-state index is 0.144. The van der Waals surface area contributed by atoms with Crippen molar-refractivity contribution in [3.05, 3.63) is 18.2 Å². The number of rotatable bonds is 3. The Morgan fingerprint density at radius 2 is 1.89 bits per heavy atom. The second kappa shape index (κ2) is 5.16. The monoisotopic (exact) mass is 269 g/mol. The van der Waals surface area contributed by atoms with Crippen molar-refractivity contribution in [3.8, 4) is 0 Å². The predicted octanol–water partition coefficient (Wildman–Crippen LogP) is 1.17. The van der Waals surface area contributed by atoms with E-state index in [1.807, 2.05) is 6.07 Å². The number of piperidine rings is 1. The quantitative estimate of drug-likeness (QED) is 0.808. The Morgan fingerprint density at radius 3 is 2.44 bits per heavy atom. The summed E-state index contributed by atoms with van der Waals surface area (Å²) in [6.45, 7) is 2.02. The van der Waals surface area contributed by atoms with E-state index in [4.69, 9.17) is 5.73 Å². The SMILES string of the molecule is CNS(=O)(=O)c1ccc(N2CCCCC2)cc1N. The van der Waals surface area contributed by atoms with E-state index in [1.54, 1.807) is 12.1 Å². The van der Waals surface area contributed by atoms with E-state index in [2.05, 4.69) is 9.62 Å². The van der Waals surface area contributed by atoms with Crippen LogP contribution in [0.4, 0.5) is 11.4 Å². The summed E-state index contributed by atoms with van der Waals surface area (Å²) in [5.74, 6) is 0. The van der Waals surface area contributed by atoms with Gasteiger partial charge in [-0.25, -0.2) is 13.1 Å². The van der Waals surface area contributed by atoms with Crippen molar-refractivity contribution in [2.75, 3.05) is 30.8 Å². The zero-order valence-electron chi connectivity index (χ0n) is 10.5. The molecule has 3 N–H and O–H groups in total. The lowest BCUT2D eigenvalue weighted by Crippen LogP contribution is -2.29. The van der Waals surface area contributed by atoms with E-state index in [0.29, 0.717) is 5.69 Å². The van der Waals surface area contributed by atoms with E-state index in [1.165, 1.54) is 26.3 Å². The second-order valence-corrected chi connectivity index (χ2v) is 6.33. The summed E-state index contributed by atoms with van der Waals surface area (Å²) in [6.07, 6.45) is 3.62. The fourth-order valence-corrected chi connectivity index (χ4v) is 3.08. The highest BCUT2D eigenvalue weighted by atomic mass is 32.2. The van der Waals surface area contributed by atoms with E-state index in [0.717, 1.165) is 18.8 Å². The van der Waals surface area contributed by atoms with Crippen LogP contribution < -0.4 is 15.4 Å². The summed E-state index contributed by atoms with van der Waals surface area (Å²) in [6, 6.07) is 5.15. The van der Waals surface area contributed by atoms with E-state index in [-0.39, 0.29) is 4.90 Å². The third-order valence-corrected chi connectivity index (χ3v) is 4.76. The molecule has 1 fully saturated rings. The summed E-state index contributed by atoms with van der Waals surface area (Å²) in [4.78, 5) is 2.39. The van der Waals surface area contributed by atoms with E-state index < -0.39 is 10.0 Å². The lowest BCUT2D eigenvalue weighted by Gasteiger charge is -2.29. The highest BCUT2D eigenvalue weighted by Gasteiger charge is 2.17. The molecule has 1 aliphatic heterocycles. The summed E-state index contributed by atoms with van der Waals surface area (Å²) in [7, 11) is -2.09. The first-order valence-electron chi connectivity index (χ1n) is 6.12. The number of benzene rings is 1. The van der Waals surface area contributed by atoms with E-state index in [9.17, 15) is 8.42 Å². The Kier molecular flexibility index (Phi) is 3.77. The van der Waals surface area contributed by atoms with Crippen molar-refractivity contribution < 1.29 is 8.42 Å². The van der Waals surface area contributed by atoms with Gasteiger partial charge in [-0.1, -0.05) is 0 Å². The molecule has 0 atom stereocenters. The Morgan fingerprint density at radius 1 is 1.22 bits per heavy atom. The van der Waals surface area contributed by atoms with Gasteiger partial charge in [0.2, 0.25) is 10.0 Å². The van der Waals surface area contributed by atoms with Gasteiger partial charge in [0.1, 0.15) is 4.90 Å². The molecule has 1 saturated heterocycles. The standard InChI is InChI=1S/C12H19N3O2S/c1-14-18(16,17)12-6-5-10(9-11(12)13)15-7-3-2-4-8-15/h5-6,9,14H,2-4,7-8,13H2,1H3. The first-order valence-corrected chi connectivity index (χ1v) is 7.61. The van der Waals surface area contributed by atoms with Crippen LogP contribution in [0.3, 0.4) is 0 Å². The van der Waals surface area contributed by atoms with Gasteiger partial charge < -0.3 is 10.6 Å². The zero-order chi connectivity index (χ0) is 13.2. The number of nitrogens with zero attached hydrogens (tertiary/aromatic N) is 1. The first kappa shape index (κ1) is 13.2. The van der Waals surface area contributed by atoms with Crippen molar-refractivity contribution in [1.82, 2.24) is 4.72 Å². The van der Waals surface area contributed by atoms with Crippen molar-refractivity contribution in [1.29, 1.82) is 0 Å². The van der Waals surface area contributed by atoms with Crippen LogP contribution in [0, 0.1) is 0 Å². The van der Waals surface area contributed by atoms with Crippen LogP contribution in [0.2, 0.25) is 0 Å². The van der Waals surface area contributed by atoms with Gasteiger partial charge in [0.15, 0.2) is 0 Å².